The lowest BCUT2D eigenvalue weighted by molar-refractivity contribution is -0.131. The highest BCUT2D eigenvalue weighted by Crippen LogP contribution is 2.43. The van der Waals surface area contributed by atoms with Crippen LogP contribution in [0.1, 0.15) is 53.4 Å². The van der Waals surface area contributed by atoms with Crippen molar-refractivity contribution in [3.05, 3.63) is 24.3 Å². The molecule has 1 amide bonds. The van der Waals surface area contributed by atoms with Gasteiger partial charge in [-0.15, -0.1) is 0 Å². The number of carbonyl (C=O) groups is 1. The van der Waals surface area contributed by atoms with Gasteiger partial charge in [-0.25, -0.2) is 8.42 Å². The maximum absolute atomic E-state index is 13.0. The smallest absolute Gasteiger partial charge is 0.222 e. The fraction of sp³-hybridized carbons (Fsp3) is 0.708. The molecule has 31 heavy (non-hydrogen) atoms. The number of sulfone groups is 1. The lowest BCUT2D eigenvalue weighted by Gasteiger charge is -2.48. The third-order valence-corrected chi connectivity index (χ3v) is 8.55. The molecule has 0 saturated carbocycles. The summed E-state index contributed by atoms with van der Waals surface area (Å²) in [5.41, 5.74) is 1.27. The first-order valence-electron chi connectivity index (χ1n) is 11.6. The number of benzene rings is 1. The molecule has 0 aromatic heterocycles. The number of hydrogen-bond acceptors (Lipinski definition) is 5. The molecule has 3 heterocycles. The number of nitrogens with zero attached hydrogens (tertiary/aromatic N) is 2. The van der Waals surface area contributed by atoms with Gasteiger partial charge in [0.2, 0.25) is 5.91 Å². The predicted molar refractivity (Wildman–Crippen MR) is 125 cm³/mol. The molecule has 3 aliphatic heterocycles. The van der Waals surface area contributed by atoms with E-state index in [1.165, 1.54) is 5.69 Å². The van der Waals surface area contributed by atoms with E-state index in [0.717, 1.165) is 25.3 Å². The molecule has 3 aliphatic rings. The standard InChI is InChI=1S/C24H38N2O4S/c1-5-13-31(28,29)14-7-8-23(27)25-16-19-15-24(3,4)22(18-25)26(17-19)20-9-11-21(12-10-20)30-6-2/h9-12,19,22H,5-8,13-18H2,1-4H3/t19-,22-/m1/s1. The summed E-state index contributed by atoms with van der Waals surface area (Å²) in [5, 5.41) is 0. The number of carbonyl (C=O) groups excluding carboxylic acids is 1. The van der Waals surface area contributed by atoms with Crippen LogP contribution in [0.5, 0.6) is 5.75 Å². The zero-order chi connectivity index (χ0) is 22.6. The van der Waals surface area contributed by atoms with Gasteiger partial charge in [-0.1, -0.05) is 20.8 Å². The summed E-state index contributed by atoms with van der Waals surface area (Å²) >= 11 is 0. The van der Waals surface area contributed by atoms with E-state index < -0.39 is 9.84 Å². The van der Waals surface area contributed by atoms with E-state index in [1.54, 1.807) is 0 Å². The summed E-state index contributed by atoms with van der Waals surface area (Å²) in [6.45, 7) is 11.5. The highest BCUT2D eigenvalue weighted by Gasteiger charge is 2.46. The first-order chi connectivity index (χ1) is 14.6. The molecule has 0 unspecified atom stereocenters. The largest absolute Gasteiger partial charge is 0.494 e. The Balaban J connectivity index is 1.69. The number of rotatable bonds is 9. The van der Waals surface area contributed by atoms with Gasteiger partial charge in [0.05, 0.1) is 18.4 Å². The topological polar surface area (TPSA) is 66.9 Å². The van der Waals surface area contributed by atoms with Gasteiger partial charge in [-0.3, -0.25) is 4.79 Å². The SMILES string of the molecule is CCCS(=O)(=O)CCCC(=O)N1C[C@@H]2CN(c3ccc(OCC)cc3)[C@H](C1)C(C)(C)C2. The first kappa shape index (κ1) is 23.9. The summed E-state index contributed by atoms with van der Waals surface area (Å²) in [5.74, 6) is 1.69. The van der Waals surface area contributed by atoms with Crippen LogP contribution < -0.4 is 9.64 Å². The zero-order valence-electron chi connectivity index (χ0n) is 19.5. The minimum Gasteiger partial charge on any atom is -0.494 e. The van der Waals surface area contributed by atoms with Gasteiger partial charge in [0.1, 0.15) is 15.6 Å². The van der Waals surface area contributed by atoms with Gasteiger partial charge in [0.25, 0.3) is 0 Å². The van der Waals surface area contributed by atoms with Crippen LogP contribution in [-0.2, 0) is 14.6 Å². The van der Waals surface area contributed by atoms with Crippen LogP contribution in [0.3, 0.4) is 0 Å². The van der Waals surface area contributed by atoms with E-state index in [9.17, 15) is 13.2 Å². The summed E-state index contributed by atoms with van der Waals surface area (Å²) in [6.07, 6.45) is 2.45. The molecule has 0 radical (unpaired) electrons. The molecule has 0 N–H and O–H groups in total. The van der Waals surface area contributed by atoms with E-state index in [2.05, 4.69) is 30.9 Å². The molecular formula is C24H38N2O4S. The van der Waals surface area contributed by atoms with E-state index >= 15 is 0 Å². The van der Waals surface area contributed by atoms with Crippen molar-refractivity contribution < 1.29 is 17.9 Å². The fourth-order valence-electron chi connectivity index (χ4n) is 5.24. The van der Waals surface area contributed by atoms with Crippen molar-refractivity contribution >= 4 is 21.4 Å². The maximum Gasteiger partial charge on any atom is 0.222 e. The van der Waals surface area contributed by atoms with E-state index in [4.69, 9.17) is 4.74 Å². The fourth-order valence-corrected chi connectivity index (χ4v) is 6.65. The van der Waals surface area contributed by atoms with Crippen molar-refractivity contribution in [3.63, 3.8) is 0 Å². The van der Waals surface area contributed by atoms with Crippen LogP contribution in [-0.4, -0.2) is 63.0 Å². The summed E-state index contributed by atoms with van der Waals surface area (Å²) < 4.78 is 29.5. The molecular weight excluding hydrogens is 412 g/mol. The zero-order valence-corrected chi connectivity index (χ0v) is 20.3. The van der Waals surface area contributed by atoms with Gasteiger partial charge >= 0.3 is 0 Å². The number of fused-ring (bicyclic) bond motifs is 4. The Morgan fingerprint density at radius 3 is 2.45 bits per heavy atom. The maximum atomic E-state index is 13.0. The average Bonchev–Trinajstić information content (AvgIpc) is 2.96. The predicted octanol–water partition coefficient (Wildman–Crippen LogP) is 3.75. The molecule has 7 heteroatoms. The highest BCUT2D eigenvalue weighted by molar-refractivity contribution is 7.91. The van der Waals surface area contributed by atoms with Crippen LogP contribution >= 0.6 is 0 Å². The Morgan fingerprint density at radius 1 is 1.10 bits per heavy atom. The van der Waals surface area contributed by atoms with Crippen LogP contribution in [0.4, 0.5) is 5.69 Å². The van der Waals surface area contributed by atoms with Crippen molar-refractivity contribution in [1.82, 2.24) is 4.90 Å². The minimum atomic E-state index is -3.03. The average molecular weight is 451 g/mol. The van der Waals surface area contributed by atoms with Crippen molar-refractivity contribution in [3.8, 4) is 5.75 Å². The van der Waals surface area contributed by atoms with Crippen molar-refractivity contribution in [2.45, 2.75) is 59.4 Å². The quantitative estimate of drug-likeness (QED) is 0.573. The second-order valence-electron chi connectivity index (χ2n) is 9.71. The molecule has 2 bridgehead atoms. The van der Waals surface area contributed by atoms with Gasteiger partial charge in [-0.05, 0) is 61.8 Å². The van der Waals surface area contributed by atoms with Crippen molar-refractivity contribution in [1.29, 1.82) is 0 Å². The third kappa shape index (κ3) is 5.93. The van der Waals surface area contributed by atoms with E-state index in [0.29, 0.717) is 38.3 Å². The van der Waals surface area contributed by atoms with Gasteiger partial charge in [0, 0.05) is 37.5 Å². The van der Waals surface area contributed by atoms with Crippen LogP contribution in [0, 0.1) is 11.3 Å². The van der Waals surface area contributed by atoms with Crippen LogP contribution in [0.25, 0.3) is 0 Å². The molecule has 4 rings (SSSR count). The lowest BCUT2D eigenvalue weighted by Crippen LogP contribution is -2.54. The normalized spacial score (nSPS) is 23.0. The molecule has 1 aromatic carbocycles. The minimum absolute atomic E-state index is 0.0907. The van der Waals surface area contributed by atoms with Crippen LogP contribution in [0.2, 0.25) is 0 Å². The molecule has 0 spiro atoms. The molecule has 6 nitrogen and oxygen atoms in total. The Bertz CT molecular complexity index is 851. The second kappa shape index (κ2) is 9.80. The molecule has 2 atom stereocenters. The Kier molecular flexibility index (Phi) is 7.55. The molecule has 3 fully saturated rings. The Labute approximate surface area is 187 Å². The number of amides is 1. The molecule has 3 saturated heterocycles. The second-order valence-corrected chi connectivity index (χ2v) is 12.0. The Morgan fingerprint density at radius 2 is 1.81 bits per heavy atom. The van der Waals surface area contributed by atoms with E-state index in [-0.39, 0.29) is 28.9 Å². The summed E-state index contributed by atoms with van der Waals surface area (Å²) in [7, 11) is -3.03. The van der Waals surface area contributed by atoms with Crippen molar-refractivity contribution in [2.75, 3.05) is 42.6 Å². The number of anilines is 1. The van der Waals surface area contributed by atoms with Gasteiger partial charge < -0.3 is 14.5 Å². The summed E-state index contributed by atoms with van der Waals surface area (Å²) in [4.78, 5) is 17.4. The van der Waals surface area contributed by atoms with Crippen molar-refractivity contribution in [2.24, 2.45) is 11.3 Å². The third-order valence-electron chi connectivity index (χ3n) is 6.61. The monoisotopic (exact) mass is 450 g/mol. The number of ether oxygens (including phenoxy) is 1. The van der Waals surface area contributed by atoms with Gasteiger partial charge in [-0.2, -0.15) is 0 Å². The number of hydrogen-bond donors (Lipinski definition) is 0. The van der Waals surface area contributed by atoms with E-state index in [1.807, 2.05) is 30.9 Å². The molecule has 1 aromatic rings. The molecule has 174 valence electrons. The van der Waals surface area contributed by atoms with Crippen LogP contribution in [0.15, 0.2) is 24.3 Å². The number of piperidine rings is 1. The summed E-state index contributed by atoms with van der Waals surface area (Å²) in [6, 6.07) is 8.50. The lowest BCUT2D eigenvalue weighted by atomic mass is 9.73. The highest BCUT2D eigenvalue weighted by atomic mass is 32.2. The van der Waals surface area contributed by atoms with Gasteiger partial charge in [0.15, 0.2) is 0 Å². The Hall–Kier alpha value is -1.76. The first-order valence-corrected chi connectivity index (χ1v) is 13.4. The molecule has 0 aliphatic carbocycles.